The minimum absolute atomic E-state index is 0.112. The molecule has 0 spiro atoms. The van der Waals surface area contributed by atoms with Gasteiger partial charge in [0.15, 0.2) is 23.0 Å². The lowest BCUT2D eigenvalue weighted by Gasteiger charge is -2.11. The molecule has 0 radical (unpaired) electrons. The van der Waals surface area contributed by atoms with Crippen LogP contribution in [0.15, 0.2) is 84.0 Å². The summed E-state index contributed by atoms with van der Waals surface area (Å²) in [6.07, 6.45) is 1.50. The summed E-state index contributed by atoms with van der Waals surface area (Å²) in [4.78, 5) is 29.5. The summed E-state index contributed by atoms with van der Waals surface area (Å²) in [5.41, 5.74) is 8.85. The van der Waals surface area contributed by atoms with E-state index >= 15 is 0 Å². The van der Waals surface area contributed by atoms with Crippen molar-refractivity contribution in [1.29, 1.82) is 0 Å². The lowest BCUT2D eigenvalue weighted by atomic mass is 9.99. The molecule has 0 bridgehead atoms. The zero-order chi connectivity index (χ0) is 29.9. The lowest BCUT2D eigenvalue weighted by Crippen LogP contribution is -2.19. The number of amides is 1. The maximum Gasteiger partial charge on any atom is 0.343 e. The number of carbonyl (C=O) groups is 2. The van der Waals surface area contributed by atoms with E-state index in [1.807, 2.05) is 51.1 Å². The van der Waals surface area contributed by atoms with Gasteiger partial charge in [-0.2, -0.15) is 5.10 Å². The Balaban J connectivity index is 1.22. The Morgan fingerprint density at radius 3 is 2.58 bits per heavy atom. The van der Waals surface area contributed by atoms with Gasteiger partial charge in [-0.3, -0.25) is 4.79 Å². The number of hydrogen-bond donors (Lipinski definition) is 2. The Labute approximate surface area is 248 Å². The highest BCUT2D eigenvalue weighted by Gasteiger charge is 2.21. The van der Waals surface area contributed by atoms with E-state index in [2.05, 4.69) is 27.6 Å². The molecule has 0 atom stereocenters. The number of aromatic nitrogens is 1. The average Bonchev–Trinajstić information content (AvgIpc) is 3.63. The van der Waals surface area contributed by atoms with Crippen LogP contribution in [0, 0.1) is 13.8 Å². The number of nitrogens with one attached hydrogen (secondary N) is 2. The topological polar surface area (TPSA) is 111 Å². The van der Waals surface area contributed by atoms with Crippen molar-refractivity contribution in [3.05, 3.63) is 107 Å². The Kier molecular flexibility index (Phi) is 7.53. The summed E-state index contributed by atoms with van der Waals surface area (Å²) >= 11 is 0. The highest BCUT2D eigenvalue weighted by molar-refractivity contribution is 6.10. The fraction of sp³-hybridized carbons (Fsp3) is 0.147. The van der Waals surface area contributed by atoms with Crippen molar-refractivity contribution < 1.29 is 28.5 Å². The van der Waals surface area contributed by atoms with Crippen LogP contribution in [0.5, 0.6) is 23.0 Å². The maximum absolute atomic E-state index is 13.4. The number of H-pyrrole nitrogens is 1. The molecule has 0 saturated carbocycles. The third-order valence-corrected chi connectivity index (χ3v) is 7.00. The van der Waals surface area contributed by atoms with E-state index in [9.17, 15) is 9.59 Å². The van der Waals surface area contributed by atoms with Gasteiger partial charge in [-0.15, -0.1) is 0 Å². The van der Waals surface area contributed by atoms with E-state index < -0.39 is 5.97 Å². The van der Waals surface area contributed by atoms with Crippen LogP contribution < -0.4 is 24.4 Å². The molecule has 216 valence electrons. The summed E-state index contributed by atoms with van der Waals surface area (Å²) < 4.78 is 22.0. The molecule has 0 fully saturated rings. The van der Waals surface area contributed by atoms with E-state index in [0.717, 1.165) is 33.2 Å². The fourth-order valence-electron chi connectivity index (χ4n) is 5.09. The maximum atomic E-state index is 13.4. The number of hydrazone groups is 1. The number of rotatable bonds is 8. The number of hydrogen-bond acceptors (Lipinski definition) is 7. The second kappa shape index (κ2) is 11.7. The molecule has 1 aliphatic rings. The largest absolute Gasteiger partial charge is 0.490 e. The van der Waals surface area contributed by atoms with Crippen LogP contribution in [0.25, 0.3) is 22.0 Å². The third kappa shape index (κ3) is 5.65. The molecule has 43 heavy (non-hydrogen) atoms. The molecule has 0 saturated heterocycles. The van der Waals surface area contributed by atoms with Crippen LogP contribution in [0.3, 0.4) is 0 Å². The first kappa shape index (κ1) is 27.6. The Hall–Kier alpha value is -5.57. The Morgan fingerprint density at radius 2 is 1.77 bits per heavy atom. The Morgan fingerprint density at radius 1 is 0.953 bits per heavy atom. The molecule has 1 aromatic heterocycles. The molecule has 5 aromatic rings. The Bertz CT molecular complexity index is 1880. The standard InChI is InChI=1S/C34H29N3O6/c1-4-40-28-16-22(10-12-27(28)43-34(39)24-11-13-26-29(17-24)42-19-41-26)18-35-37-33(38)32-30(23-8-6-5-7-9-23)25-15-20(2)14-21(3)31(25)36-32/h5-18,36H,4,19H2,1-3H3,(H,37,38). The van der Waals surface area contributed by atoms with E-state index in [1.54, 1.807) is 36.4 Å². The van der Waals surface area contributed by atoms with Crippen LogP contribution >= 0.6 is 0 Å². The molecule has 2 heterocycles. The lowest BCUT2D eigenvalue weighted by molar-refractivity contribution is 0.0727. The van der Waals surface area contributed by atoms with Crippen molar-refractivity contribution in [3.63, 3.8) is 0 Å². The number of aromatic amines is 1. The molecule has 0 aliphatic carbocycles. The van der Waals surface area contributed by atoms with Crippen molar-refractivity contribution in [1.82, 2.24) is 10.4 Å². The van der Waals surface area contributed by atoms with Gasteiger partial charge in [-0.25, -0.2) is 10.2 Å². The predicted molar refractivity (Wildman–Crippen MR) is 163 cm³/mol. The molecule has 1 amide bonds. The third-order valence-electron chi connectivity index (χ3n) is 7.00. The van der Waals surface area contributed by atoms with Crippen molar-refractivity contribution in [2.45, 2.75) is 20.8 Å². The number of benzene rings is 4. The smallest absolute Gasteiger partial charge is 0.343 e. The average molecular weight is 576 g/mol. The van der Waals surface area contributed by atoms with E-state index in [-0.39, 0.29) is 18.4 Å². The number of ether oxygens (including phenoxy) is 4. The van der Waals surface area contributed by atoms with E-state index in [0.29, 0.717) is 40.7 Å². The summed E-state index contributed by atoms with van der Waals surface area (Å²) in [6, 6.07) is 23.8. The molecule has 9 heteroatoms. The molecular formula is C34H29N3O6. The summed E-state index contributed by atoms with van der Waals surface area (Å²) in [5, 5.41) is 5.18. The highest BCUT2D eigenvalue weighted by atomic mass is 16.7. The van der Waals surface area contributed by atoms with Gasteiger partial charge in [0.1, 0.15) is 5.69 Å². The predicted octanol–water partition coefficient (Wildman–Crippen LogP) is 6.56. The van der Waals surface area contributed by atoms with Crippen molar-refractivity contribution in [3.8, 4) is 34.1 Å². The van der Waals surface area contributed by atoms with Crippen LogP contribution in [0.4, 0.5) is 0 Å². The van der Waals surface area contributed by atoms with Gasteiger partial charge in [-0.05, 0) is 79.9 Å². The number of carbonyl (C=O) groups excluding carboxylic acids is 2. The quantitative estimate of drug-likeness (QED) is 0.0938. The fourth-order valence-corrected chi connectivity index (χ4v) is 5.09. The van der Waals surface area contributed by atoms with Crippen LogP contribution in [0.2, 0.25) is 0 Å². The van der Waals surface area contributed by atoms with Crippen molar-refractivity contribution in [2.75, 3.05) is 13.4 Å². The van der Waals surface area contributed by atoms with Gasteiger partial charge in [-0.1, -0.05) is 42.0 Å². The molecule has 1 aliphatic heterocycles. The molecule has 6 rings (SSSR count). The van der Waals surface area contributed by atoms with Gasteiger partial charge >= 0.3 is 5.97 Å². The van der Waals surface area contributed by atoms with Crippen molar-refractivity contribution in [2.24, 2.45) is 5.10 Å². The SMILES string of the molecule is CCOc1cc(C=NNC(=O)c2[nH]c3c(C)cc(C)cc3c2-c2ccccc2)ccc1OC(=O)c1ccc2c(c1)OCO2. The van der Waals surface area contributed by atoms with Crippen molar-refractivity contribution >= 4 is 29.0 Å². The first-order valence-electron chi connectivity index (χ1n) is 13.8. The summed E-state index contributed by atoms with van der Waals surface area (Å²) in [6.45, 7) is 6.36. The number of esters is 1. The molecule has 2 N–H and O–H groups in total. The summed E-state index contributed by atoms with van der Waals surface area (Å²) in [5.74, 6) is 0.741. The van der Waals surface area contributed by atoms with E-state index in [4.69, 9.17) is 18.9 Å². The van der Waals surface area contributed by atoms with Gasteiger partial charge in [0, 0.05) is 16.5 Å². The highest BCUT2D eigenvalue weighted by Crippen LogP contribution is 2.36. The van der Waals surface area contributed by atoms with Gasteiger partial charge in [0.2, 0.25) is 6.79 Å². The van der Waals surface area contributed by atoms with Gasteiger partial charge in [0.25, 0.3) is 5.91 Å². The zero-order valence-corrected chi connectivity index (χ0v) is 23.9. The normalized spacial score (nSPS) is 12.1. The monoisotopic (exact) mass is 575 g/mol. The second-order valence-corrected chi connectivity index (χ2v) is 10.0. The van der Waals surface area contributed by atoms with E-state index in [1.165, 1.54) is 6.21 Å². The van der Waals surface area contributed by atoms with Crippen LogP contribution in [-0.4, -0.2) is 36.5 Å². The minimum atomic E-state index is -0.564. The summed E-state index contributed by atoms with van der Waals surface area (Å²) in [7, 11) is 0. The molecule has 0 unspecified atom stereocenters. The molecule has 4 aromatic carbocycles. The number of aryl methyl sites for hydroxylation is 2. The van der Waals surface area contributed by atoms with Gasteiger partial charge in [0.05, 0.1) is 18.4 Å². The first-order chi connectivity index (χ1) is 20.9. The van der Waals surface area contributed by atoms with Gasteiger partial charge < -0.3 is 23.9 Å². The molecular weight excluding hydrogens is 546 g/mol. The zero-order valence-electron chi connectivity index (χ0n) is 23.9. The molecule has 9 nitrogen and oxygen atoms in total. The number of fused-ring (bicyclic) bond motifs is 2. The second-order valence-electron chi connectivity index (χ2n) is 10.0. The van der Waals surface area contributed by atoms with Crippen LogP contribution in [0.1, 0.15) is 44.5 Å². The first-order valence-corrected chi connectivity index (χ1v) is 13.8. The number of nitrogens with zero attached hydrogens (tertiary/aromatic N) is 1. The van der Waals surface area contributed by atoms with Crippen LogP contribution in [-0.2, 0) is 0 Å². The minimum Gasteiger partial charge on any atom is -0.490 e.